The van der Waals surface area contributed by atoms with E-state index in [1.165, 1.54) is 6.08 Å². The van der Waals surface area contributed by atoms with Crippen LogP contribution in [0.4, 0.5) is 8.78 Å². The van der Waals surface area contributed by atoms with Crippen LogP contribution >= 0.6 is 0 Å². The molecule has 2 N–H and O–H groups in total. The first-order chi connectivity index (χ1) is 19.1. The molecule has 1 aliphatic carbocycles. The Labute approximate surface area is 241 Å². The number of hydrogen-bond donors (Lipinski definition) is 2. The van der Waals surface area contributed by atoms with Crippen LogP contribution in [-0.2, 0) is 19.0 Å². The number of unbranched alkanes of at least 4 members (excludes halogenated alkanes) is 7. The Balaban J connectivity index is 1.85. The summed E-state index contributed by atoms with van der Waals surface area (Å²) in [5.41, 5.74) is 0. The molecule has 6 atom stereocenters. The SMILES string of the molecule is CCCCCCC(F)(F)C(O)CC[C@@H]1[C@@H](CCCCCCC=CC(=O)OC(C)C)[C@@H](O)C[C@H]1OC1CCCCO1. The average Bonchev–Trinajstić information content (AvgIpc) is 3.20. The van der Waals surface area contributed by atoms with E-state index in [-0.39, 0.29) is 49.1 Å². The standard InChI is InChI=1S/C32H56F2O6/c1-4-5-6-14-21-32(33,34)29(36)20-19-26-25(27(35)23-28(26)40-31-18-13-15-22-38-31)16-11-9-7-8-10-12-17-30(37)39-24(2)3/h12,17,24-29,31,35-36H,4-11,13-16,18-23H2,1-3H3/t25-,26-,27+,28-,29?,31?/m1/s1. The number of aliphatic hydroxyl groups is 2. The molecule has 0 bridgehead atoms. The third-order valence-corrected chi connectivity index (χ3v) is 8.35. The molecule has 8 heteroatoms. The zero-order valence-electron chi connectivity index (χ0n) is 25.2. The van der Waals surface area contributed by atoms with Crippen LogP contribution in [0.5, 0.6) is 0 Å². The van der Waals surface area contributed by atoms with Crippen molar-refractivity contribution in [1.29, 1.82) is 0 Å². The minimum atomic E-state index is -3.09. The third-order valence-electron chi connectivity index (χ3n) is 8.35. The minimum Gasteiger partial charge on any atom is -0.460 e. The maximum absolute atomic E-state index is 14.7. The fraction of sp³-hybridized carbons (Fsp3) is 0.906. The monoisotopic (exact) mass is 574 g/mol. The van der Waals surface area contributed by atoms with Crippen molar-refractivity contribution in [2.24, 2.45) is 11.8 Å². The lowest BCUT2D eigenvalue weighted by Crippen LogP contribution is -2.36. The molecule has 0 radical (unpaired) electrons. The molecule has 2 fully saturated rings. The predicted octanol–water partition coefficient (Wildman–Crippen LogP) is 7.49. The third kappa shape index (κ3) is 13.3. The van der Waals surface area contributed by atoms with E-state index in [4.69, 9.17) is 14.2 Å². The van der Waals surface area contributed by atoms with E-state index in [0.29, 0.717) is 25.9 Å². The van der Waals surface area contributed by atoms with Gasteiger partial charge in [-0.05, 0) is 83.5 Å². The lowest BCUT2D eigenvalue weighted by molar-refractivity contribution is -0.197. The van der Waals surface area contributed by atoms with Crippen molar-refractivity contribution in [1.82, 2.24) is 0 Å². The summed E-state index contributed by atoms with van der Waals surface area (Å²) in [6.45, 7) is 6.35. The Morgan fingerprint density at radius 3 is 2.50 bits per heavy atom. The van der Waals surface area contributed by atoms with Crippen molar-refractivity contribution in [3.05, 3.63) is 12.2 Å². The highest BCUT2D eigenvalue weighted by Crippen LogP contribution is 2.43. The number of carbonyl (C=O) groups excluding carboxylic acids is 1. The molecule has 234 valence electrons. The molecule has 6 nitrogen and oxygen atoms in total. The van der Waals surface area contributed by atoms with E-state index in [2.05, 4.69) is 0 Å². The maximum Gasteiger partial charge on any atom is 0.330 e. The van der Waals surface area contributed by atoms with Crippen LogP contribution in [0.2, 0.25) is 0 Å². The summed E-state index contributed by atoms with van der Waals surface area (Å²) in [5, 5.41) is 21.4. The molecule has 2 rings (SSSR count). The van der Waals surface area contributed by atoms with Crippen LogP contribution in [0.25, 0.3) is 0 Å². The summed E-state index contributed by atoms with van der Waals surface area (Å²) in [6, 6.07) is 0. The van der Waals surface area contributed by atoms with Gasteiger partial charge in [0.15, 0.2) is 6.29 Å². The first-order valence-corrected chi connectivity index (χ1v) is 16.0. The fourth-order valence-corrected chi connectivity index (χ4v) is 6.09. The second kappa shape index (κ2) is 19.2. The summed E-state index contributed by atoms with van der Waals surface area (Å²) in [4.78, 5) is 11.6. The number of esters is 1. The number of alkyl halides is 2. The Hall–Kier alpha value is -1.09. The van der Waals surface area contributed by atoms with Gasteiger partial charge in [-0.3, -0.25) is 0 Å². The first-order valence-electron chi connectivity index (χ1n) is 16.0. The molecule has 1 saturated heterocycles. The van der Waals surface area contributed by atoms with Gasteiger partial charge in [-0.25, -0.2) is 13.6 Å². The van der Waals surface area contributed by atoms with E-state index in [0.717, 1.165) is 77.0 Å². The molecule has 1 saturated carbocycles. The first kappa shape index (κ1) is 35.1. The van der Waals surface area contributed by atoms with Gasteiger partial charge in [-0.2, -0.15) is 0 Å². The van der Waals surface area contributed by atoms with E-state index < -0.39 is 18.1 Å². The van der Waals surface area contributed by atoms with Gasteiger partial charge >= 0.3 is 5.97 Å². The second-order valence-electron chi connectivity index (χ2n) is 12.1. The molecular weight excluding hydrogens is 518 g/mol. The van der Waals surface area contributed by atoms with Gasteiger partial charge in [0.05, 0.1) is 18.3 Å². The number of ether oxygens (including phenoxy) is 3. The molecule has 1 heterocycles. The largest absolute Gasteiger partial charge is 0.460 e. The van der Waals surface area contributed by atoms with Crippen molar-refractivity contribution in [2.75, 3.05) is 6.61 Å². The van der Waals surface area contributed by atoms with Crippen molar-refractivity contribution >= 4 is 5.97 Å². The summed E-state index contributed by atoms with van der Waals surface area (Å²) < 4.78 is 46.5. The van der Waals surface area contributed by atoms with Crippen LogP contribution in [0.15, 0.2) is 12.2 Å². The maximum atomic E-state index is 14.7. The molecule has 0 aromatic carbocycles. The number of allylic oxidation sites excluding steroid dienone is 1. The van der Waals surface area contributed by atoms with Crippen LogP contribution < -0.4 is 0 Å². The summed E-state index contributed by atoms with van der Waals surface area (Å²) >= 11 is 0. The molecule has 0 aromatic heterocycles. The zero-order valence-corrected chi connectivity index (χ0v) is 25.2. The van der Waals surface area contributed by atoms with Crippen LogP contribution in [0, 0.1) is 11.8 Å². The van der Waals surface area contributed by atoms with E-state index in [1.807, 2.05) is 26.8 Å². The van der Waals surface area contributed by atoms with Crippen LogP contribution in [0.1, 0.15) is 130 Å². The quantitative estimate of drug-likeness (QED) is 0.0890. The van der Waals surface area contributed by atoms with Crippen molar-refractivity contribution in [2.45, 2.75) is 167 Å². The smallest absolute Gasteiger partial charge is 0.330 e. The molecule has 0 aromatic rings. The van der Waals surface area contributed by atoms with Gasteiger partial charge in [-0.15, -0.1) is 0 Å². The van der Waals surface area contributed by atoms with Gasteiger partial charge in [0.1, 0.15) is 6.10 Å². The van der Waals surface area contributed by atoms with Gasteiger partial charge < -0.3 is 24.4 Å². The lowest BCUT2D eigenvalue weighted by atomic mass is 9.84. The summed E-state index contributed by atoms with van der Waals surface area (Å²) in [5.74, 6) is -3.53. The molecule has 2 unspecified atom stereocenters. The molecular formula is C32H56F2O6. The molecule has 0 amide bonds. The number of halogens is 2. The van der Waals surface area contributed by atoms with E-state index in [1.54, 1.807) is 0 Å². The number of aliphatic hydroxyl groups excluding tert-OH is 2. The van der Waals surface area contributed by atoms with Crippen molar-refractivity contribution in [3.63, 3.8) is 0 Å². The van der Waals surface area contributed by atoms with Crippen molar-refractivity contribution in [3.8, 4) is 0 Å². The zero-order chi connectivity index (χ0) is 29.4. The van der Waals surface area contributed by atoms with Gasteiger partial charge in [-0.1, -0.05) is 51.5 Å². The van der Waals surface area contributed by atoms with E-state index in [9.17, 15) is 23.8 Å². The summed E-state index contributed by atoms with van der Waals surface area (Å²) in [7, 11) is 0. The Morgan fingerprint density at radius 1 is 1.05 bits per heavy atom. The van der Waals surface area contributed by atoms with Crippen LogP contribution in [0.3, 0.4) is 0 Å². The second-order valence-corrected chi connectivity index (χ2v) is 12.1. The lowest BCUT2D eigenvalue weighted by Gasteiger charge is -2.31. The Morgan fingerprint density at radius 2 is 1.80 bits per heavy atom. The topological polar surface area (TPSA) is 85.2 Å². The number of carbonyl (C=O) groups is 1. The number of rotatable bonds is 20. The normalized spacial score (nSPS) is 26.6. The average molecular weight is 575 g/mol. The Kier molecular flexibility index (Phi) is 16.8. The fourth-order valence-electron chi connectivity index (χ4n) is 6.09. The van der Waals surface area contributed by atoms with E-state index >= 15 is 0 Å². The van der Waals surface area contributed by atoms with Gasteiger partial charge in [0, 0.05) is 25.5 Å². The molecule has 40 heavy (non-hydrogen) atoms. The summed E-state index contributed by atoms with van der Waals surface area (Å²) in [6.07, 6.45) is 12.5. The Bertz CT molecular complexity index is 710. The van der Waals surface area contributed by atoms with Crippen LogP contribution in [-0.4, -0.2) is 59.4 Å². The highest BCUT2D eigenvalue weighted by atomic mass is 19.3. The predicted molar refractivity (Wildman–Crippen MR) is 153 cm³/mol. The minimum absolute atomic E-state index is 0.00558. The molecule has 0 spiro atoms. The molecule has 1 aliphatic heterocycles. The highest BCUT2D eigenvalue weighted by molar-refractivity contribution is 5.81. The van der Waals surface area contributed by atoms with Crippen molar-refractivity contribution < 1.29 is 38.0 Å². The van der Waals surface area contributed by atoms with Gasteiger partial charge in [0.25, 0.3) is 5.92 Å². The highest BCUT2D eigenvalue weighted by Gasteiger charge is 2.45. The molecule has 2 aliphatic rings. The van der Waals surface area contributed by atoms with Gasteiger partial charge in [0.2, 0.25) is 0 Å². The number of hydrogen-bond acceptors (Lipinski definition) is 6.